The minimum Gasteiger partial charge on any atom is -0.392 e. The van der Waals surface area contributed by atoms with Gasteiger partial charge in [0.05, 0.1) is 22.5 Å². The van der Waals surface area contributed by atoms with Crippen LogP contribution < -0.4 is 0 Å². The van der Waals surface area contributed by atoms with Crippen LogP contribution in [0, 0.1) is 17.0 Å². The molecule has 278 valence electrons. The highest BCUT2D eigenvalue weighted by molar-refractivity contribution is 8.76. The van der Waals surface area contributed by atoms with Crippen molar-refractivity contribution < 1.29 is 23.2 Å². The van der Waals surface area contributed by atoms with E-state index in [0.717, 1.165) is 51.0 Å². The average molecular weight is 810 g/mol. The Balaban J connectivity index is 1.61. The third-order valence-electron chi connectivity index (χ3n) is 9.27. The van der Waals surface area contributed by atoms with E-state index in [4.69, 9.17) is 0 Å². The molecule has 0 saturated carbocycles. The van der Waals surface area contributed by atoms with Gasteiger partial charge in [-0.15, -0.1) is 23.5 Å². The van der Waals surface area contributed by atoms with Crippen LogP contribution in [0.5, 0.6) is 0 Å². The highest BCUT2D eigenvalue weighted by Crippen LogP contribution is 2.57. The van der Waals surface area contributed by atoms with Crippen LogP contribution in [0.2, 0.25) is 0 Å². The normalized spacial score (nSPS) is 11.7. The summed E-state index contributed by atoms with van der Waals surface area (Å²) in [6, 6.07) is 41.3. The Bertz CT molecular complexity index is 2480. The Morgan fingerprint density at radius 3 is 1.75 bits per heavy atom. The molecule has 0 fully saturated rings. The van der Waals surface area contributed by atoms with Gasteiger partial charge in [-0.25, -0.2) is 0 Å². The number of nitrogens with zero attached hydrogens (tertiary/aromatic N) is 1. The predicted octanol–water partition coefficient (Wildman–Crippen LogP) is 13.9. The van der Waals surface area contributed by atoms with Crippen LogP contribution in [-0.2, 0) is 30.0 Å². The van der Waals surface area contributed by atoms with Crippen molar-refractivity contribution in [2.75, 3.05) is 0 Å². The zero-order chi connectivity index (χ0) is 38.5. The third kappa shape index (κ3) is 8.27. The molecule has 7 aromatic rings. The van der Waals surface area contributed by atoms with Gasteiger partial charge < -0.3 is 5.11 Å². The van der Waals surface area contributed by atoms with Gasteiger partial charge in [-0.2, -0.15) is 13.2 Å². The standard InChI is InChI=1S/C44H34F3NO3S4/c1-28-36-38(43(53-26-30-16-7-3-8-17-30)39(44(45,46)47)41(28)52-25-29-14-5-2-6-15-29)37(34-23-13-21-32-20-11-12-22-33(32)34)35(24-49)42(40(36)48(50)51)55-54-27-31-18-9-4-10-19-31/h2-23,49H,24-27H2,1H3. The number of hydrogen-bond acceptors (Lipinski definition) is 7. The molecule has 11 heteroatoms. The lowest BCUT2D eigenvalue weighted by atomic mass is 9.87. The molecule has 0 amide bonds. The van der Waals surface area contributed by atoms with Gasteiger partial charge in [-0.1, -0.05) is 144 Å². The van der Waals surface area contributed by atoms with E-state index in [2.05, 4.69) is 0 Å². The third-order valence-corrected chi connectivity index (χ3v) is 14.1. The molecule has 55 heavy (non-hydrogen) atoms. The summed E-state index contributed by atoms with van der Waals surface area (Å²) in [5, 5.41) is 26.7. The van der Waals surface area contributed by atoms with Gasteiger partial charge in [0.1, 0.15) is 4.90 Å². The van der Waals surface area contributed by atoms with E-state index in [-0.39, 0.29) is 53.8 Å². The van der Waals surface area contributed by atoms with Gasteiger partial charge in [0.2, 0.25) is 0 Å². The van der Waals surface area contributed by atoms with Gasteiger partial charge >= 0.3 is 6.18 Å². The molecule has 4 nitrogen and oxygen atoms in total. The number of thioether (sulfide) groups is 2. The van der Waals surface area contributed by atoms with Crippen molar-refractivity contribution in [2.45, 2.75) is 51.7 Å². The molecule has 0 spiro atoms. The molecule has 0 heterocycles. The number of rotatable bonds is 13. The van der Waals surface area contributed by atoms with Crippen molar-refractivity contribution in [2.24, 2.45) is 0 Å². The summed E-state index contributed by atoms with van der Waals surface area (Å²) in [5.41, 5.74) is 2.88. The lowest BCUT2D eigenvalue weighted by molar-refractivity contribution is -0.386. The maximum Gasteiger partial charge on any atom is 0.418 e. The number of nitro groups is 1. The number of nitro benzene ring substituents is 1. The van der Waals surface area contributed by atoms with E-state index >= 15 is 13.2 Å². The minimum atomic E-state index is -4.82. The number of aliphatic hydroxyl groups is 1. The Labute approximate surface area is 333 Å². The topological polar surface area (TPSA) is 63.4 Å². The number of fused-ring (bicyclic) bond motifs is 2. The Kier molecular flexibility index (Phi) is 12.1. The first-order valence-electron chi connectivity index (χ1n) is 17.3. The highest BCUT2D eigenvalue weighted by Gasteiger charge is 2.42. The van der Waals surface area contributed by atoms with Crippen LogP contribution in [0.4, 0.5) is 18.9 Å². The Morgan fingerprint density at radius 2 is 1.18 bits per heavy atom. The zero-order valence-electron chi connectivity index (χ0n) is 29.5. The smallest absolute Gasteiger partial charge is 0.392 e. The van der Waals surface area contributed by atoms with Crippen molar-refractivity contribution >= 4 is 72.3 Å². The van der Waals surface area contributed by atoms with Crippen LogP contribution in [0.25, 0.3) is 32.7 Å². The molecule has 0 aromatic heterocycles. The molecule has 0 aliphatic heterocycles. The summed E-state index contributed by atoms with van der Waals surface area (Å²) < 4.78 is 47.7. The summed E-state index contributed by atoms with van der Waals surface area (Å²) in [4.78, 5) is 13.1. The van der Waals surface area contributed by atoms with E-state index in [9.17, 15) is 15.2 Å². The molecule has 0 aliphatic carbocycles. The van der Waals surface area contributed by atoms with Gasteiger partial charge in [0.25, 0.3) is 5.69 Å². The van der Waals surface area contributed by atoms with Crippen LogP contribution in [0.15, 0.2) is 148 Å². The minimum absolute atomic E-state index is 0.0454. The second kappa shape index (κ2) is 17.2. The second-order valence-corrected chi connectivity index (χ2v) is 17.0. The monoisotopic (exact) mass is 809 g/mol. The molecule has 0 atom stereocenters. The highest BCUT2D eigenvalue weighted by atomic mass is 33.1. The summed E-state index contributed by atoms with van der Waals surface area (Å²) in [7, 11) is 2.56. The fraction of sp³-hybridized carbons (Fsp3) is 0.136. The van der Waals surface area contributed by atoms with Crippen LogP contribution in [0.3, 0.4) is 0 Å². The summed E-state index contributed by atoms with van der Waals surface area (Å²) >= 11 is 2.07. The Hall–Kier alpha value is -4.39. The van der Waals surface area contributed by atoms with E-state index < -0.39 is 23.3 Å². The molecule has 7 aromatic carbocycles. The Morgan fingerprint density at radius 1 is 0.655 bits per heavy atom. The van der Waals surface area contributed by atoms with Crippen molar-refractivity contribution in [3.05, 3.63) is 177 Å². The van der Waals surface area contributed by atoms with Gasteiger partial charge in [-0.3, -0.25) is 10.1 Å². The number of aliphatic hydroxyl groups excluding tert-OH is 1. The van der Waals surface area contributed by atoms with E-state index in [0.29, 0.717) is 16.9 Å². The molecule has 0 aliphatic rings. The fourth-order valence-corrected chi connectivity index (χ4v) is 11.8. The number of alkyl halides is 3. The van der Waals surface area contributed by atoms with Crippen LogP contribution in [0.1, 0.15) is 33.4 Å². The fourth-order valence-electron chi connectivity index (χ4n) is 6.81. The van der Waals surface area contributed by atoms with Gasteiger partial charge in [0.15, 0.2) is 0 Å². The zero-order valence-corrected chi connectivity index (χ0v) is 32.8. The summed E-state index contributed by atoms with van der Waals surface area (Å²) in [5.74, 6) is 0.926. The molecular weight excluding hydrogens is 776 g/mol. The van der Waals surface area contributed by atoms with Crippen molar-refractivity contribution in [1.82, 2.24) is 0 Å². The van der Waals surface area contributed by atoms with E-state index in [1.807, 2.05) is 133 Å². The molecule has 0 unspecified atom stereocenters. The first-order chi connectivity index (χ1) is 26.7. The van der Waals surface area contributed by atoms with Crippen molar-refractivity contribution in [1.29, 1.82) is 0 Å². The lowest BCUT2D eigenvalue weighted by Gasteiger charge is -2.26. The molecule has 0 radical (unpaired) electrons. The lowest BCUT2D eigenvalue weighted by Crippen LogP contribution is -2.13. The van der Waals surface area contributed by atoms with E-state index in [1.165, 1.54) is 21.6 Å². The summed E-state index contributed by atoms with van der Waals surface area (Å²) in [6.07, 6.45) is -4.82. The average Bonchev–Trinajstić information content (AvgIpc) is 3.20. The van der Waals surface area contributed by atoms with Crippen molar-refractivity contribution in [3.63, 3.8) is 0 Å². The van der Waals surface area contributed by atoms with Crippen LogP contribution >= 0.6 is 45.1 Å². The van der Waals surface area contributed by atoms with Crippen LogP contribution in [-0.4, -0.2) is 10.0 Å². The number of benzene rings is 7. The maximum atomic E-state index is 15.9. The first-order valence-corrected chi connectivity index (χ1v) is 21.6. The number of halogens is 3. The molecule has 0 saturated heterocycles. The SMILES string of the molecule is Cc1c(SCc2ccccc2)c(C(F)(F)F)c(SCc2ccccc2)c2c(-c3cccc4ccccc34)c(CO)c(SSCc3ccccc3)c([N+](=O)[O-])c12. The molecule has 1 N–H and O–H groups in total. The number of aryl methyl sites for hydroxylation is 1. The van der Waals surface area contributed by atoms with Gasteiger partial charge in [0, 0.05) is 38.0 Å². The van der Waals surface area contributed by atoms with Gasteiger partial charge in [-0.05, 0) is 61.9 Å². The predicted molar refractivity (Wildman–Crippen MR) is 225 cm³/mol. The summed E-state index contributed by atoms with van der Waals surface area (Å²) in [6.45, 7) is 0.942. The quantitative estimate of drug-likeness (QED) is 0.0539. The van der Waals surface area contributed by atoms with Crippen molar-refractivity contribution in [3.8, 4) is 11.1 Å². The largest absolute Gasteiger partial charge is 0.418 e. The molecular formula is C44H34F3NO3S4. The number of hydrogen-bond donors (Lipinski definition) is 1. The van der Waals surface area contributed by atoms with E-state index in [1.54, 1.807) is 6.92 Å². The molecule has 7 rings (SSSR count). The first kappa shape index (κ1) is 38.9. The molecule has 0 bridgehead atoms. The maximum absolute atomic E-state index is 15.9. The second-order valence-electron chi connectivity index (χ2n) is 12.8.